The van der Waals surface area contributed by atoms with E-state index in [1.807, 2.05) is 20.9 Å². The lowest BCUT2D eigenvalue weighted by Gasteiger charge is -2.42. The van der Waals surface area contributed by atoms with Crippen molar-refractivity contribution in [3.63, 3.8) is 0 Å². The zero-order chi connectivity index (χ0) is 21.6. The van der Waals surface area contributed by atoms with Gasteiger partial charge in [0.2, 0.25) is 5.91 Å². The minimum Gasteiger partial charge on any atom is -0.394 e. The van der Waals surface area contributed by atoms with Crippen molar-refractivity contribution in [3.05, 3.63) is 0 Å². The quantitative estimate of drug-likeness (QED) is 0.483. The molecule has 0 spiro atoms. The fraction of sp³-hybridized carbons (Fsp3) is 0.944. The predicted molar refractivity (Wildman–Crippen MR) is 110 cm³/mol. The molecule has 0 radical (unpaired) electrons. The molecule has 29 heavy (non-hydrogen) atoms. The number of morpholine rings is 2. The van der Waals surface area contributed by atoms with Crippen molar-refractivity contribution in [3.8, 4) is 0 Å². The molecule has 1 unspecified atom stereocenters. The van der Waals surface area contributed by atoms with Gasteiger partial charge in [-0.1, -0.05) is 0 Å². The lowest BCUT2D eigenvalue weighted by Crippen LogP contribution is -2.51. The highest BCUT2D eigenvalue weighted by Gasteiger charge is 2.41. The molecule has 0 saturated carbocycles. The van der Waals surface area contributed by atoms with E-state index < -0.39 is 13.8 Å². The van der Waals surface area contributed by atoms with Crippen LogP contribution in [0.2, 0.25) is 0 Å². The third kappa shape index (κ3) is 6.70. The summed E-state index contributed by atoms with van der Waals surface area (Å²) in [5.74, 6) is 0.0723. The molecule has 2 aliphatic rings. The van der Waals surface area contributed by atoms with E-state index in [1.54, 1.807) is 28.3 Å². The second-order valence-electron chi connectivity index (χ2n) is 7.98. The topological polar surface area (TPSA) is 104 Å². The van der Waals surface area contributed by atoms with Crippen molar-refractivity contribution in [1.82, 2.24) is 19.6 Å². The summed E-state index contributed by atoms with van der Waals surface area (Å²) in [4.78, 5) is 14.2. The first-order chi connectivity index (χ1) is 13.7. The average Bonchev–Trinajstić information content (AvgIpc) is 2.69. The van der Waals surface area contributed by atoms with Crippen LogP contribution in [0, 0.1) is 0 Å². The fourth-order valence-electron chi connectivity index (χ4n) is 3.69. The Morgan fingerprint density at radius 1 is 1.17 bits per heavy atom. The molecule has 11 heteroatoms. The minimum atomic E-state index is -3.32. The van der Waals surface area contributed by atoms with E-state index in [9.17, 15) is 14.5 Å². The Hall–Kier alpha value is -0.580. The summed E-state index contributed by atoms with van der Waals surface area (Å²) in [6.45, 7) is 6.15. The Bertz CT molecular complexity index is 581. The van der Waals surface area contributed by atoms with Crippen molar-refractivity contribution >= 4 is 13.6 Å². The van der Waals surface area contributed by atoms with Crippen LogP contribution in [0.3, 0.4) is 0 Å². The number of aliphatic hydroxyl groups excluding tert-OH is 1. The molecule has 2 N–H and O–H groups in total. The van der Waals surface area contributed by atoms with E-state index in [0.29, 0.717) is 39.1 Å². The molecule has 0 bridgehead atoms. The lowest BCUT2D eigenvalue weighted by molar-refractivity contribution is -0.146. The maximum Gasteiger partial charge on any atom is 0.345 e. The predicted octanol–water partition coefficient (Wildman–Crippen LogP) is -0.0203. The van der Waals surface area contributed by atoms with Gasteiger partial charge in [-0.05, 0) is 35.0 Å². The maximum atomic E-state index is 13.7. The van der Waals surface area contributed by atoms with Gasteiger partial charge < -0.3 is 29.3 Å². The zero-order valence-electron chi connectivity index (χ0n) is 18.2. The van der Waals surface area contributed by atoms with E-state index >= 15 is 0 Å². The second kappa shape index (κ2) is 11.2. The van der Waals surface area contributed by atoms with E-state index in [1.165, 1.54) is 0 Å². The standard InChI is InChI=1S/C18H37N4O6P/c1-14-8-21(18(24)6-7-19-3)10-17(28-14)13-26-29(25,20(4)5)22-9-15(2)27-16(11-22)12-23/h14-17,19,23H,6-13H2,1-5H3/t14-,15-,16-,17-,29?/m0/s1. The number of hydrogen-bond donors (Lipinski definition) is 2. The highest BCUT2D eigenvalue weighted by molar-refractivity contribution is 7.53. The van der Waals surface area contributed by atoms with Crippen molar-refractivity contribution in [2.45, 2.75) is 44.7 Å². The molecule has 2 rings (SSSR count). The highest BCUT2D eigenvalue weighted by Crippen LogP contribution is 2.53. The van der Waals surface area contributed by atoms with Crippen LogP contribution in [0.25, 0.3) is 0 Å². The number of carbonyl (C=O) groups is 1. The molecule has 2 heterocycles. The Balaban J connectivity index is 2.01. The molecule has 0 aliphatic carbocycles. The number of carbonyl (C=O) groups excluding carboxylic acids is 1. The molecule has 0 aromatic carbocycles. The largest absolute Gasteiger partial charge is 0.394 e. The molecular weight excluding hydrogens is 399 g/mol. The van der Waals surface area contributed by atoms with Gasteiger partial charge in [-0.2, -0.15) is 0 Å². The van der Waals surface area contributed by atoms with Gasteiger partial charge in [-0.3, -0.25) is 9.36 Å². The van der Waals surface area contributed by atoms with Crippen LogP contribution >= 0.6 is 7.67 Å². The fourth-order valence-corrected chi connectivity index (χ4v) is 5.77. The molecule has 0 aromatic rings. The van der Waals surface area contributed by atoms with Crippen molar-refractivity contribution in [2.24, 2.45) is 0 Å². The summed E-state index contributed by atoms with van der Waals surface area (Å²) >= 11 is 0. The molecular formula is C18H37N4O6P. The SMILES string of the molecule is CNCCC(=O)N1C[C@@H](COP(=O)(N(C)C)N2C[C@@H](CO)O[C@@H](C)C2)O[C@@H](C)C1. The lowest BCUT2D eigenvalue weighted by atomic mass is 10.2. The van der Waals surface area contributed by atoms with Gasteiger partial charge in [0.15, 0.2) is 0 Å². The van der Waals surface area contributed by atoms with Gasteiger partial charge in [0.1, 0.15) is 0 Å². The number of nitrogens with zero attached hydrogens (tertiary/aromatic N) is 3. The van der Waals surface area contributed by atoms with Crippen molar-refractivity contribution < 1.29 is 28.5 Å². The molecule has 1 amide bonds. The summed E-state index contributed by atoms with van der Waals surface area (Å²) in [6.07, 6.45) is -0.596. The van der Waals surface area contributed by atoms with Gasteiger partial charge in [-0.15, -0.1) is 0 Å². The van der Waals surface area contributed by atoms with Crippen LogP contribution in [0.1, 0.15) is 20.3 Å². The van der Waals surface area contributed by atoms with Gasteiger partial charge >= 0.3 is 7.67 Å². The summed E-state index contributed by atoms with van der Waals surface area (Å²) in [5, 5.41) is 12.5. The number of ether oxygens (including phenoxy) is 2. The third-order valence-corrected chi connectivity index (χ3v) is 7.61. The number of hydrogen-bond acceptors (Lipinski definition) is 7. The van der Waals surface area contributed by atoms with Crippen LogP contribution in [0.15, 0.2) is 0 Å². The molecule has 2 saturated heterocycles. The summed E-state index contributed by atoms with van der Waals surface area (Å²) in [6, 6.07) is 0. The maximum absolute atomic E-state index is 13.7. The number of rotatable bonds is 9. The van der Waals surface area contributed by atoms with Crippen LogP contribution < -0.4 is 5.32 Å². The number of aliphatic hydroxyl groups is 1. The smallest absolute Gasteiger partial charge is 0.345 e. The van der Waals surface area contributed by atoms with E-state index in [-0.39, 0.29) is 37.4 Å². The molecule has 10 nitrogen and oxygen atoms in total. The van der Waals surface area contributed by atoms with E-state index in [0.717, 1.165) is 0 Å². The molecule has 5 atom stereocenters. The first kappa shape index (κ1) is 24.7. The van der Waals surface area contributed by atoms with Crippen LogP contribution in [-0.4, -0.2) is 117 Å². The first-order valence-electron chi connectivity index (χ1n) is 10.2. The molecule has 0 aromatic heterocycles. The van der Waals surface area contributed by atoms with Gasteiger partial charge in [0, 0.05) is 39.1 Å². The monoisotopic (exact) mass is 436 g/mol. The van der Waals surface area contributed by atoms with Crippen LogP contribution in [-0.2, 0) is 23.4 Å². The zero-order valence-corrected chi connectivity index (χ0v) is 19.1. The van der Waals surface area contributed by atoms with Crippen LogP contribution in [0.5, 0.6) is 0 Å². The number of nitrogens with one attached hydrogen (secondary N) is 1. The summed E-state index contributed by atoms with van der Waals surface area (Å²) < 4.78 is 34.6. The number of amides is 1. The van der Waals surface area contributed by atoms with Crippen LogP contribution in [0.4, 0.5) is 0 Å². The van der Waals surface area contributed by atoms with Gasteiger partial charge in [-0.25, -0.2) is 9.34 Å². The van der Waals surface area contributed by atoms with Gasteiger partial charge in [0.05, 0.1) is 37.6 Å². The molecule has 2 aliphatic heterocycles. The van der Waals surface area contributed by atoms with Gasteiger partial charge in [0.25, 0.3) is 0 Å². The third-order valence-electron chi connectivity index (χ3n) is 5.07. The first-order valence-corrected chi connectivity index (χ1v) is 11.7. The van der Waals surface area contributed by atoms with Crippen molar-refractivity contribution in [1.29, 1.82) is 0 Å². The second-order valence-corrected chi connectivity index (χ2v) is 10.6. The molecule has 170 valence electrons. The Labute approximate surface area is 174 Å². The van der Waals surface area contributed by atoms with E-state index in [2.05, 4.69) is 5.32 Å². The summed E-state index contributed by atoms with van der Waals surface area (Å²) in [5.41, 5.74) is 0. The molecule has 2 fully saturated rings. The normalized spacial score (nSPS) is 31.1. The average molecular weight is 436 g/mol. The Kier molecular flexibility index (Phi) is 9.50. The summed E-state index contributed by atoms with van der Waals surface area (Å²) in [7, 11) is 1.93. The Morgan fingerprint density at radius 3 is 2.45 bits per heavy atom. The highest BCUT2D eigenvalue weighted by atomic mass is 31.2. The van der Waals surface area contributed by atoms with E-state index in [4.69, 9.17) is 14.0 Å². The van der Waals surface area contributed by atoms with Crippen molar-refractivity contribution in [2.75, 3.05) is 67.1 Å². The minimum absolute atomic E-state index is 0.0723. The Morgan fingerprint density at radius 2 is 1.83 bits per heavy atom.